The molecule has 3 aromatic heterocycles. The maximum Gasteiger partial charge on any atom is 0.320 e. The van der Waals surface area contributed by atoms with Gasteiger partial charge in [0, 0.05) is 28.6 Å². The lowest BCUT2D eigenvalue weighted by atomic mass is 10.1. The van der Waals surface area contributed by atoms with E-state index in [-0.39, 0.29) is 16.5 Å². The summed E-state index contributed by atoms with van der Waals surface area (Å²) in [5.74, 6) is 1.97. The van der Waals surface area contributed by atoms with Crippen molar-refractivity contribution in [3.05, 3.63) is 114 Å². The number of thioether (sulfide) groups is 1. The molecule has 0 aliphatic heterocycles. The van der Waals surface area contributed by atoms with Crippen molar-refractivity contribution < 1.29 is 9.90 Å². The average Bonchev–Trinajstić information content (AvgIpc) is 3.72. The first-order chi connectivity index (χ1) is 23.2. The Labute approximate surface area is 288 Å². The molecule has 2 amide bonds. The standard InChI is InChI=1S/C37H37N7O2S2/c1-23-12-16-29(30(45)18-23)35-41-40-33-17-15-28(22-43(33)35)48-31-11-6-5-8-26(31)21-38-36(46)39-34-20-32(37(2,3)47-4)42-44(34)27-10-7-9-25(19-27)24-13-14-24/h5-12,15-20,22,24,45H,13-14,21H2,1-4H3,(H2,38,39,46). The van der Waals surface area contributed by atoms with Crippen LogP contribution in [0.25, 0.3) is 22.7 Å². The second-order valence-electron chi connectivity index (χ2n) is 12.6. The summed E-state index contributed by atoms with van der Waals surface area (Å²) in [7, 11) is 0. The van der Waals surface area contributed by atoms with Crippen molar-refractivity contribution >= 4 is 41.0 Å². The fourth-order valence-corrected chi connectivity index (χ4v) is 6.83. The molecule has 0 bridgehead atoms. The highest BCUT2D eigenvalue weighted by Crippen LogP contribution is 2.41. The fourth-order valence-electron chi connectivity index (χ4n) is 5.55. The molecule has 3 heterocycles. The SMILES string of the molecule is CSC(C)(C)c1cc(NC(=O)NCc2ccccc2Sc2ccc3nnc(-c4ccc(C)cc4O)n3c2)n(-c2cccc(C3CC3)c2)n1. The van der Waals surface area contributed by atoms with Crippen molar-refractivity contribution in [3.63, 3.8) is 0 Å². The molecule has 1 aliphatic carbocycles. The first-order valence-corrected chi connectivity index (χ1v) is 17.9. The van der Waals surface area contributed by atoms with Crippen LogP contribution in [0.5, 0.6) is 5.75 Å². The number of phenols is 1. The van der Waals surface area contributed by atoms with E-state index in [1.165, 1.54) is 18.4 Å². The van der Waals surface area contributed by atoms with Gasteiger partial charge in [-0.3, -0.25) is 9.72 Å². The third-order valence-corrected chi connectivity index (χ3v) is 11.0. The summed E-state index contributed by atoms with van der Waals surface area (Å²) >= 11 is 3.31. The number of carbonyl (C=O) groups excluding carboxylic acids is 1. The maximum absolute atomic E-state index is 13.4. The second-order valence-corrected chi connectivity index (χ2v) is 15.1. The summed E-state index contributed by atoms with van der Waals surface area (Å²) in [6, 6.07) is 27.6. The summed E-state index contributed by atoms with van der Waals surface area (Å²) in [6.45, 7) is 6.54. The number of carbonyl (C=O) groups is 1. The Kier molecular flexibility index (Phi) is 8.65. The van der Waals surface area contributed by atoms with E-state index in [1.54, 1.807) is 29.6 Å². The predicted molar refractivity (Wildman–Crippen MR) is 193 cm³/mol. The molecule has 3 N–H and O–H groups in total. The van der Waals surface area contributed by atoms with Crippen molar-refractivity contribution in [1.82, 2.24) is 29.7 Å². The number of nitrogens with zero attached hydrogens (tertiary/aromatic N) is 5. The monoisotopic (exact) mass is 675 g/mol. The number of nitrogens with one attached hydrogen (secondary N) is 2. The molecule has 244 valence electrons. The minimum absolute atomic E-state index is 0.163. The van der Waals surface area contributed by atoms with Crippen LogP contribution in [0.3, 0.4) is 0 Å². The van der Waals surface area contributed by atoms with Gasteiger partial charge < -0.3 is 10.4 Å². The fraction of sp³-hybridized carbons (Fsp3) is 0.243. The molecule has 11 heteroatoms. The molecule has 7 rings (SSSR count). The summed E-state index contributed by atoms with van der Waals surface area (Å²) in [5, 5.41) is 30.3. The van der Waals surface area contributed by atoms with Crippen LogP contribution in [-0.2, 0) is 11.3 Å². The van der Waals surface area contributed by atoms with Gasteiger partial charge in [0.05, 0.1) is 21.7 Å². The number of aromatic nitrogens is 5. The van der Waals surface area contributed by atoms with Gasteiger partial charge in [-0.15, -0.1) is 10.2 Å². The van der Waals surface area contributed by atoms with Crippen LogP contribution in [0.2, 0.25) is 0 Å². The third kappa shape index (κ3) is 6.65. The van der Waals surface area contributed by atoms with Crippen LogP contribution in [0, 0.1) is 6.92 Å². The van der Waals surface area contributed by atoms with E-state index in [1.807, 2.05) is 82.9 Å². The van der Waals surface area contributed by atoms with Crippen molar-refractivity contribution in [2.75, 3.05) is 11.6 Å². The van der Waals surface area contributed by atoms with E-state index < -0.39 is 0 Å². The van der Waals surface area contributed by atoms with Crippen LogP contribution in [0.1, 0.15) is 55.0 Å². The molecule has 1 saturated carbocycles. The van der Waals surface area contributed by atoms with E-state index in [0.717, 1.165) is 32.3 Å². The number of aromatic hydroxyl groups is 1. The number of benzene rings is 3. The highest BCUT2D eigenvalue weighted by atomic mass is 32.2. The molecular formula is C37H37N7O2S2. The van der Waals surface area contributed by atoms with Crippen LogP contribution >= 0.6 is 23.5 Å². The maximum atomic E-state index is 13.4. The quantitative estimate of drug-likeness (QED) is 0.134. The van der Waals surface area contributed by atoms with Gasteiger partial charge in [0.25, 0.3) is 0 Å². The van der Waals surface area contributed by atoms with E-state index in [9.17, 15) is 9.90 Å². The molecule has 3 aromatic carbocycles. The molecule has 0 radical (unpaired) electrons. The van der Waals surface area contributed by atoms with E-state index in [2.05, 4.69) is 59.1 Å². The van der Waals surface area contributed by atoms with E-state index >= 15 is 0 Å². The van der Waals surface area contributed by atoms with Crippen molar-refractivity contribution in [2.45, 2.75) is 60.6 Å². The number of fused-ring (bicyclic) bond motifs is 1. The van der Waals surface area contributed by atoms with Crippen LogP contribution < -0.4 is 10.6 Å². The van der Waals surface area contributed by atoms with Gasteiger partial charge in [-0.1, -0.05) is 48.2 Å². The Morgan fingerprint density at radius 3 is 2.62 bits per heavy atom. The highest BCUT2D eigenvalue weighted by molar-refractivity contribution is 7.99. The Morgan fingerprint density at radius 1 is 1.00 bits per heavy atom. The number of pyridine rings is 1. The van der Waals surface area contributed by atoms with Gasteiger partial charge >= 0.3 is 6.03 Å². The zero-order valence-corrected chi connectivity index (χ0v) is 28.9. The molecule has 48 heavy (non-hydrogen) atoms. The lowest BCUT2D eigenvalue weighted by molar-refractivity contribution is 0.251. The van der Waals surface area contributed by atoms with Crippen molar-refractivity contribution in [1.29, 1.82) is 0 Å². The van der Waals surface area contributed by atoms with Gasteiger partial charge in [0.1, 0.15) is 11.6 Å². The zero-order chi connectivity index (χ0) is 33.4. The molecule has 1 fully saturated rings. The molecular weight excluding hydrogens is 639 g/mol. The largest absolute Gasteiger partial charge is 0.507 e. The van der Waals surface area contributed by atoms with Gasteiger partial charge in [-0.2, -0.15) is 16.9 Å². The number of hydrogen-bond donors (Lipinski definition) is 3. The number of hydrogen-bond acceptors (Lipinski definition) is 7. The normalized spacial score (nSPS) is 13.2. The number of rotatable bonds is 10. The minimum atomic E-state index is -0.309. The lowest BCUT2D eigenvalue weighted by Crippen LogP contribution is -2.29. The third-order valence-electron chi connectivity index (χ3n) is 8.65. The molecule has 0 saturated heterocycles. The van der Waals surface area contributed by atoms with Gasteiger partial charge in [-0.05, 0) is 105 Å². The topological polar surface area (TPSA) is 109 Å². The van der Waals surface area contributed by atoms with Crippen LogP contribution in [-0.4, -0.2) is 41.8 Å². The molecule has 1 aliphatic rings. The Balaban J connectivity index is 1.09. The Morgan fingerprint density at radius 2 is 1.83 bits per heavy atom. The van der Waals surface area contributed by atoms with Gasteiger partial charge in [-0.25, -0.2) is 9.48 Å². The Bertz CT molecular complexity index is 2130. The summed E-state index contributed by atoms with van der Waals surface area (Å²) in [5.41, 5.74) is 6.39. The smallest absolute Gasteiger partial charge is 0.320 e. The van der Waals surface area contributed by atoms with E-state index in [4.69, 9.17) is 5.10 Å². The van der Waals surface area contributed by atoms with Gasteiger partial charge in [0.2, 0.25) is 0 Å². The lowest BCUT2D eigenvalue weighted by Gasteiger charge is -2.18. The number of aryl methyl sites for hydroxylation is 1. The number of phenolic OH excluding ortho intramolecular Hbond substituents is 1. The number of anilines is 1. The Hall–Kier alpha value is -4.74. The van der Waals surface area contributed by atoms with Crippen LogP contribution in [0.4, 0.5) is 10.6 Å². The van der Waals surface area contributed by atoms with Crippen LogP contribution in [0.15, 0.2) is 101 Å². The highest BCUT2D eigenvalue weighted by Gasteiger charge is 2.27. The number of urea groups is 1. The van der Waals surface area contributed by atoms with Crippen molar-refractivity contribution in [2.24, 2.45) is 0 Å². The first kappa shape index (κ1) is 31.8. The average molecular weight is 676 g/mol. The van der Waals surface area contributed by atoms with Crippen molar-refractivity contribution in [3.8, 4) is 22.8 Å². The summed E-state index contributed by atoms with van der Waals surface area (Å²) in [6.07, 6.45) is 6.47. The molecule has 9 nitrogen and oxygen atoms in total. The molecule has 0 unspecified atom stereocenters. The predicted octanol–water partition coefficient (Wildman–Crippen LogP) is 8.54. The first-order valence-electron chi connectivity index (χ1n) is 15.9. The summed E-state index contributed by atoms with van der Waals surface area (Å²) in [4.78, 5) is 15.4. The zero-order valence-electron chi connectivity index (χ0n) is 27.3. The molecule has 0 atom stereocenters. The minimum Gasteiger partial charge on any atom is -0.507 e. The summed E-state index contributed by atoms with van der Waals surface area (Å²) < 4.78 is 3.50. The number of amides is 2. The molecule has 0 spiro atoms. The van der Waals surface area contributed by atoms with E-state index in [0.29, 0.717) is 35.3 Å². The second kappa shape index (κ2) is 13.0. The molecule has 6 aromatic rings. The van der Waals surface area contributed by atoms with Gasteiger partial charge in [0.15, 0.2) is 11.5 Å².